The molecule has 1 aromatic rings. The molecule has 24 heavy (non-hydrogen) atoms. The molecular weight excluding hydrogens is 419 g/mol. The van der Waals surface area contributed by atoms with Crippen LogP contribution in [0.1, 0.15) is 38.2 Å². The van der Waals surface area contributed by atoms with E-state index in [1.54, 1.807) is 12.1 Å². The number of hydrogen-bond acceptors (Lipinski definition) is 4. The number of benzene rings is 1. The fourth-order valence-corrected chi connectivity index (χ4v) is 4.79. The normalized spacial score (nSPS) is 28.0. The Kier molecular flexibility index (Phi) is 5.05. The van der Waals surface area contributed by atoms with Crippen LogP contribution in [0.25, 0.3) is 0 Å². The molecule has 0 unspecified atom stereocenters. The quantitative estimate of drug-likeness (QED) is 0.404. The van der Waals surface area contributed by atoms with E-state index >= 15 is 0 Å². The van der Waals surface area contributed by atoms with Crippen LogP contribution in [0.2, 0.25) is 0 Å². The summed E-state index contributed by atoms with van der Waals surface area (Å²) >= 11 is 2.34. The van der Waals surface area contributed by atoms with E-state index in [4.69, 9.17) is 0 Å². The zero-order valence-electron chi connectivity index (χ0n) is 13.7. The summed E-state index contributed by atoms with van der Waals surface area (Å²) in [5.41, 5.74) is 0.481. The molecule has 128 valence electrons. The van der Waals surface area contributed by atoms with Crippen molar-refractivity contribution in [3.63, 3.8) is 0 Å². The van der Waals surface area contributed by atoms with Gasteiger partial charge in [0.05, 0.1) is 4.92 Å². The third-order valence-electron chi connectivity index (χ3n) is 5.44. The molecule has 2 atom stereocenters. The average molecular weight is 440 g/mol. The van der Waals surface area contributed by atoms with E-state index in [9.17, 15) is 14.9 Å². The summed E-state index contributed by atoms with van der Waals surface area (Å²) in [6.45, 7) is 3.76. The Balaban J connectivity index is 2.05. The predicted molar refractivity (Wildman–Crippen MR) is 101 cm³/mol. The standard InChI is InChI=1S/C18H21IN2O3/c1-2-13(19)12-20-10-9-18(11-14(22)7-8-17(18)20)15-5-3-4-6-16(15)21(23)24/h2-6,17H,7-12H2,1H3/b13-2-/t17-,18+/m1/s1. The Bertz CT molecular complexity index is 703. The molecule has 1 saturated carbocycles. The Morgan fingerprint density at radius 1 is 1.50 bits per heavy atom. The van der Waals surface area contributed by atoms with Crippen molar-refractivity contribution < 1.29 is 9.72 Å². The van der Waals surface area contributed by atoms with Gasteiger partial charge in [0.1, 0.15) is 5.78 Å². The molecule has 6 heteroatoms. The van der Waals surface area contributed by atoms with Gasteiger partial charge in [0, 0.05) is 46.1 Å². The molecule has 1 aliphatic carbocycles. The van der Waals surface area contributed by atoms with Crippen molar-refractivity contribution >= 4 is 34.1 Å². The maximum Gasteiger partial charge on any atom is 0.273 e. The van der Waals surface area contributed by atoms with Crippen LogP contribution in [-0.4, -0.2) is 34.7 Å². The highest BCUT2D eigenvalue weighted by molar-refractivity contribution is 14.1. The van der Waals surface area contributed by atoms with Crippen molar-refractivity contribution in [1.82, 2.24) is 4.90 Å². The zero-order valence-corrected chi connectivity index (χ0v) is 15.9. The molecule has 1 aliphatic heterocycles. The van der Waals surface area contributed by atoms with Gasteiger partial charge >= 0.3 is 0 Å². The monoisotopic (exact) mass is 440 g/mol. The van der Waals surface area contributed by atoms with E-state index < -0.39 is 5.41 Å². The molecule has 0 N–H and O–H groups in total. The van der Waals surface area contributed by atoms with Crippen molar-refractivity contribution in [2.75, 3.05) is 13.1 Å². The topological polar surface area (TPSA) is 63.4 Å². The molecule has 2 aliphatic rings. The van der Waals surface area contributed by atoms with Crippen molar-refractivity contribution in [3.05, 3.63) is 49.6 Å². The lowest BCUT2D eigenvalue weighted by molar-refractivity contribution is -0.386. The maximum atomic E-state index is 12.2. The van der Waals surface area contributed by atoms with Gasteiger partial charge in [-0.1, -0.05) is 24.3 Å². The fourth-order valence-electron chi connectivity index (χ4n) is 4.36. The summed E-state index contributed by atoms with van der Waals surface area (Å²) in [4.78, 5) is 25.9. The van der Waals surface area contributed by atoms with E-state index in [1.807, 2.05) is 19.1 Å². The lowest BCUT2D eigenvalue weighted by atomic mass is 9.65. The van der Waals surface area contributed by atoms with Crippen LogP contribution in [0.3, 0.4) is 0 Å². The first kappa shape index (κ1) is 17.5. The molecule has 2 fully saturated rings. The molecule has 3 rings (SSSR count). The predicted octanol–water partition coefficient (Wildman–Crippen LogP) is 4.00. The average Bonchev–Trinajstić information content (AvgIpc) is 2.93. The number of ketones is 1. The van der Waals surface area contributed by atoms with Crippen molar-refractivity contribution in [3.8, 4) is 0 Å². The van der Waals surface area contributed by atoms with E-state index in [0.717, 1.165) is 31.5 Å². The van der Waals surface area contributed by atoms with Gasteiger partial charge in [-0.15, -0.1) is 0 Å². The van der Waals surface area contributed by atoms with Crippen molar-refractivity contribution in [2.45, 2.75) is 44.1 Å². The minimum absolute atomic E-state index is 0.153. The second-order valence-corrected chi connectivity index (χ2v) is 8.04. The molecule has 0 amide bonds. The van der Waals surface area contributed by atoms with Crippen LogP contribution >= 0.6 is 22.6 Å². The van der Waals surface area contributed by atoms with Crippen LogP contribution in [0.4, 0.5) is 5.69 Å². The third kappa shape index (κ3) is 3.01. The molecule has 1 heterocycles. The van der Waals surface area contributed by atoms with Crippen LogP contribution in [-0.2, 0) is 10.2 Å². The molecule has 0 radical (unpaired) electrons. The number of para-hydroxylation sites is 1. The first-order valence-electron chi connectivity index (χ1n) is 8.28. The number of Topliss-reactive ketones (excluding diaryl/α,β-unsaturated/α-hetero) is 1. The molecular formula is C18H21IN2O3. The number of rotatable bonds is 4. The molecule has 0 spiro atoms. The second-order valence-electron chi connectivity index (χ2n) is 6.66. The number of allylic oxidation sites excluding steroid dienone is 1. The Labute approximate surface area is 155 Å². The SMILES string of the molecule is C/C=C(\I)CN1CC[C@@]2(c3ccccc3[N+](=O)[O-])CC(=O)CC[C@@H]12. The number of nitro groups is 1. The van der Waals surface area contributed by atoms with Crippen LogP contribution in [0.5, 0.6) is 0 Å². The summed E-state index contributed by atoms with van der Waals surface area (Å²) in [7, 11) is 0. The first-order chi connectivity index (χ1) is 11.5. The first-order valence-corrected chi connectivity index (χ1v) is 9.36. The highest BCUT2D eigenvalue weighted by atomic mass is 127. The highest BCUT2D eigenvalue weighted by Crippen LogP contribution is 2.50. The number of fused-ring (bicyclic) bond motifs is 1. The third-order valence-corrected chi connectivity index (χ3v) is 6.40. The van der Waals surface area contributed by atoms with Gasteiger partial charge in [-0.25, -0.2) is 0 Å². The fraction of sp³-hybridized carbons (Fsp3) is 0.500. The highest BCUT2D eigenvalue weighted by Gasteiger charge is 2.53. The van der Waals surface area contributed by atoms with Gasteiger partial charge in [0.15, 0.2) is 0 Å². The number of halogens is 1. The Morgan fingerprint density at radius 3 is 2.96 bits per heavy atom. The number of carbonyl (C=O) groups excluding carboxylic acids is 1. The lowest BCUT2D eigenvalue weighted by Gasteiger charge is -2.41. The number of nitrogens with zero attached hydrogens (tertiary/aromatic N) is 2. The number of nitro benzene ring substituents is 1. The van der Waals surface area contributed by atoms with Gasteiger partial charge in [-0.05, 0) is 48.9 Å². The Hall–Kier alpha value is -1.28. The van der Waals surface area contributed by atoms with E-state index in [0.29, 0.717) is 12.8 Å². The van der Waals surface area contributed by atoms with Gasteiger partial charge in [-0.2, -0.15) is 0 Å². The van der Waals surface area contributed by atoms with Crippen LogP contribution in [0, 0.1) is 10.1 Å². The molecule has 1 aromatic carbocycles. The molecule has 1 saturated heterocycles. The van der Waals surface area contributed by atoms with Crippen molar-refractivity contribution in [1.29, 1.82) is 0 Å². The second kappa shape index (κ2) is 6.92. The summed E-state index contributed by atoms with van der Waals surface area (Å²) < 4.78 is 1.27. The lowest BCUT2D eigenvalue weighted by Crippen LogP contribution is -2.47. The van der Waals surface area contributed by atoms with Crippen LogP contribution in [0.15, 0.2) is 33.9 Å². The minimum atomic E-state index is -0.413. The number of likely N-dealkylation sites (tertiary alicyclic amines) is 1. The van der Waals surface area contributed by atoms with Gasteiger partial charge in [0.2, 0.25) is 0 Å². The minimum Gasteiger partial charge on any atom is -0.300 e. The molecule has 0 aromatic heterocycles. The van der Waals surface area contributed by atoms with Gasteiger partial charge in [0.25, 0.3) is 5.69 Å². The van der Waals surface area contributed by atoms with Crippen molar-refractivity contribution in [2.24, 2.45) is 0 Å². The maximum absolute atomic E-state index is 12.2. The van der Waals surface area contributed by atoms with Gasteiger partial charge < -0.3 is 0 Å². The number of carbonyl (C=O) groups is 1. The molecule has 5 nitrogen and oxygen atoms in total. The summed E-state index contributed by atoms with van der Waals surface area (Å²) in [6, 6.07) is 7.17. The van der Waals surface area contributed by atoms with E-state index in [2.05, 4.69) is 33.6 Å². The molecule has 0 bridgehead atoms. The summed E-state index contributed by atoms with van der Waals surface area (Å²) in [5, 5.41) is 11.5. The summed E-state index contributed by atoms with van der Waals surface area (Å²) in [5.74, 6) is 0.229. The van der Waals surface area contributed by atoms with Gasteiger partial charge in [-0.3, -0.25) is 19.8 Å². The number of hydrogen-bond donors (Lipinski definition) is 0. The van der Waals surface area contributed by atoms with Crippen LogP contribution < -0.4 is 0 Å². The smallest absolute Gasteiger partial charge is 0.273 e. The summed E-state index contributed by atoms with van der Waals surface area (Å²) in [6.07, 6.45) is 4.70. The zero-order chi connectivity index (χ0) is 17.3. The largest absolute Gasteiger partial charge is 0.300 e. The van der Waals surface area contributed by atoms with E-state index in [1.165, 1.54) is 3.58 Å². The van der Waals surface area contributed by atoms with E-state index in [-0.39, 0.29) is 22.4 Å². The Morgan fingerprint density at radius 2 is 2.25 bits per heavy atom.